The Morgan fingerprint density at radius 3 is 2.71 bits per heavy atom. The number of rotatable bonds is 7. The molecule has 2 unspecified atom stereocenters. The van der Waals surface area contributed by atoms with Crippen molar-refractivity contribution >= 4 is 11.3 Å². The Labute approximate surface area is 133 Å². The van der Waals surface area contributed by atoms with Crippen LogP contribution >= 0.6 is 11.3 Å². The van der Waals surface area contributed by atoms with E-state index in [0.29, 0.717) is 0 Å². The molecule has 1 aromatic rings. The number of nitrogens with zero attached hydrogens (tertiary/aromatic N) is 1. The minimum Gasteiger partial charge on any atom is -0.312 e. The Morgan fingerprint density at radius 2 is 2.00 bits per heavy atom. The highest BCUT2D eigenvalue weighted by Crippen LogP contribution is 2.46. The molecule has 1 aromatic heterocycles. The number of aromatic nitrogens is 1. The lowest BCUT2D eigenvalue weighted by atomic mass is 9.80. The first-order valence-corrected chi connectivity index (χ1v) is 9.83. The summed E-state index contributed by atoms with van der Waals surface area (Å²) in [5.74, 6) is 2.49. The zero-order chi connectivity index (χ0) is 14.7. The van der Waals surface area contributed by atoms with E-state index in [1.54, 1.807) is 4.88 Å². The van der Waals surface area contributed by atoms with Crippen molar-refractivity contribution < 1.29 is 0 Å². The average molecular weight is 307 g/mol. The van der Waals surface area contributed by atoms with Crippen molar-refractivity contribution in [3.8, 4) is 0 Å². The van der Waals surface area contributed by atoms with Crippen LogP contribution in [-0.2, 0) is 6.54 Å². The van der Waals surface area contributed by atoms with Gasteiger partial charge in [-0.25, -0.2) is 4.98 Å². The van der Waals surface area contributed by atoms with Gasteiger partial charge in [0.15, 0.2) is 0 Å². The maximum absolute atomic E-state index is 5.12. The first kappa shape index (κ1) is 15.5. The summed E-state index contributed by atoms with van der Waals surface area (Å²) in [6, 6.07) is 0. The van der Waals surface area contributed by atoms with Crippen LogP contribution in [0.15, 0.2) is 0 Å². The van der Waals surface area contributed by atoms with Gasteiger partial charge in [-0.3, -0.25) is 0 Å². The molecule has 2 atom stereocenters. The molecule has 0 aromatic carbocycles. The van der Waals surface area contributed by atoms with Crippen molar-refractivity contribution in [3.05, 3.63) is 15.6 Å². The van der Waals surface area contributed by atoms with E-state index < -0.39 is 0 Å². The normalized spacial score (nSPS) is 26.2. The maximum atomic E-state index is 5.12. The fourth-order valence-corrected chi connectivity index (χ4v) is 4.89. The first-order chi connectivity index (χ1) is 10.3. The van der Waals surface area contributed by atoms with Crippen LogP contribution in [0.2, 0.25) is 0 Å². The summed E-state index contributed by atoms with van der Waals surface area (Å²) in [4.78, 5) is 6.66. The van der Waals surface area contributed by atoms with Crippen LogP contribution in [-0.4, -0.2) is 11.5 Å². The van der Waals surface area contributed by atoms with Crippen molar-refractivity contribution in [1.29, 1.82) is 0 Å². The highest BCUT2D eigenvalue weighted by molar-refractivity contribution is 7.11. The largest absolute Gasteiger partial charge is 0.312 e. The second-order valence-corrected chi connectivity index (χ2v) is 8.06. The highest BCUT2D eigenvalue weighted by Gasteiger charge is 2.32. The molecule has 2 fully saturated rings. The van der Waals surface area contributed by atoms with E-state index in [9.17, 15) is 0 Å². The van der Waals surface area contributed by atoms with Crippen molar-refractivity contribution in [3.63, 3.8) is 0 Å². The van der Waals surface area contributed by atoms with Crippen LogP contribution in [0, 0.1) is 5.92 Å². The van der Waals surface area contributed by atoms with E-state index in [1.165, 1.54) is 62.1 Å². The summed E-state index contributed by atoms with van der Waals surface area (Å²) in [6.45, 7) is 6.75. The molecule has 2 aliphatic carbocycles. The average Bonchev–Trinajstić information content (AvgIpc) is 3.28. The molecule has 2 saturated carbocycles. The molecular weight excluding hydrogens is 276 g/mol. The Morgan fingerprint density at radius 1 is 1.14 bits per heavy atom. The number of nitrogens with one attached hydrogen (secondary N) is 1. The molecule has 0 aliphatic heterocycles. The molecular formula is C18H30N2S. The van der Waals surface area contributed by atoms with Gasteiger partial charge in [-0.05, 0) is 44.6 Å². The summed E-state index contributed by atoms with van der Waals surface area (Å²) >= 11 is 2.02. The smallest absolute Gasteiger partial charge is 0.0962 e. The van der Waals surface area contributed by atoms with E-state index in [4.69, 9.17) is 4.98 Å². The number of hydrogen-bond donors (Lipinski definition) is 1. The molecule has 1 N–H and O–H groups in total. The molecule has 3 heteroatoms. The Kier molecular flexibility index (Phi) is 5.33. The van der Waals surface area contributed by atoms with Gasteiger partial charge in [0.05, 0.1) is 10.7 Å². The van der Waals surface area contributed by atoms with Crippen molar-refractivity contribution in [1.82, 2.24) is 10.3 Å². The third-order valence-electron chi connectivity index (χ3n) is 5.13. The van der Waals surface area contributed by atoms with Crippen LogP contribution < -0.4 is 5.32 Å². The van der Waals surface area contributed by atoms with E-state index >= 15 is 0 Å². The fourth-order valence-electron chi connectivity index (χ4n) is 3.62. The molecule has 2 aliphatic rings. The molecule has 0 spiro atoms. The monoisotopic (exact) mass is 306 g/mol. The molecule has 0 amide bonds. The van der Waals surface area contributed by atoms with Gasteiger partial charge in [0.1, 0.15) is 0 Å². The molecule has 21 heavy (non-hydrogen) atoms. The number of thiazole rings is 1. The molecule has 0 saturated heterocycles. The van der Waals surface area contributed by atoms with Crippen LogP contribution in [0.1, 0.15) is 92.6 Å². The third-order valence-corrected chi connectivity index (χ3v) is 6.36. The lowest BCUT2D eigenvalue weighted by molar-refractivity contribution is 0.314. The van der Waals surface area contributed by atoms with Gasteiger partial charge < -0.3 is 5.32 Å². The molecule has 0 bridgehead atoms. The molecule has 3 rings (SSSR count). The summed E-state index contributed by atoms with van der Waals surface area (Å²) in [5.41, 5.74) is 1.46. The highest BCUT2D eigenvalue weighted by atomic mass is 32.1. The van der Waals surface area contributed by atoms with Crippen molar-refractivity contribution in [2.45, 2.75) is 83.6 Å². The topological polar surface area (TPSA) is 24.9 Å². The third kappa shape index (κ3) is 3.87. The maximum Gasteiger partial charge on any atom is 0.0962 e. The minimum atomic E-state index is 0.756. The zero-order valence-corrected chi connectivity index (χ0v) is 14.5. The summed E-state index contributed by atoms with van der Waals surface area (Å²) in [7, 11) is 0. The van der Waals surface area contributed by atoms with Crippen LogP contribution in [0.5, 0.6) is 0 Å². The van der Waals surface area contributed by atoms with Crippen LogP contribution in [0.4, 0.5) is 0 Å². The quantitative estimate of drug-likeness (QED) is 0.700. The predicted molar refractivity (Wildman–Crippen MR) is 91.1 cm³/mol. The van der Waals surface area contributed by atoms with Gasteiger partial charge >= 0.3 is 0 Å². The summed E-state index contributed by atoms with van der Waals surface area (Å²) in [6.07, 6.45) is 10.9. The van der Waals surface area contributed by atoms with Gasteiger partial charge in [-0.2, -0.15) is 0 Å². The Hall–Kier alpha value is -0.410. The van der Waals surface area contributed by atoms with Gasteiger partial charge in [-0.1, -0.05) is 33.1 Å². The van der Waals surface area contributed by atoms with Gasteiger partial charge in [0.25, 0.3) is 0 Å². The number of hydrogen-bond acceptors (Lipinski definition) is 3. The van der Waals surface area contributed by atoms with Gasteiger partial charge in [-0.15, -0.1) is 11.3 Å². The van der Waals surface area contributed by atoms with Gasteiger partial charge in [0, 0.05) is 23.3 Å². The van der Waals surface area contributed by atoms with Crippen molar-refractivity contribution in [2.24, 2.45) is 5.92 Å². The zero-order valence-electron chi connectivity index (χ0n) is 13.7. The molecule has 118 valence electrons. The van der Waals surface area contributed by atoms with Crippen LogP contribution in [0.25, 0.3) is 0 Å². The van der Waals surface area contributed by atoms with Crippen LogP contribution in [0.3, 0.4) is 0 Å². The Balaban J connectivity index is 1.71. The predicted octanol–water partition coefficient (Wildman–Crippen LogP) is 5.20. The first-order valence-electron chi connectivity index (χ1n) is 9.02. The Bertz CT molecular complexity index is 450. The SMILES string of the molecule is CCCNCc1sc(C2CCCC(CC)C2)nc1C1CC1. The standard InChI is InChI=1S/C18H30N2S/c1-3-10-19-12-16-17(14-8-9-14)20-18(21-16)15-7-5-6-13(4-2)11-15/h13-15,19H,3-12H2,1-2H3. The molecule has 0 radical (unpaired) electrons. The lowest BCUT2D eigenvalue weighted by Gasteiger charge is -2.26. The lowest BCUT2D eigenvalue weighted by Crippen LogP contribution is -2.13. The van der Waals surface area contributed by atoms with E-state index in [0.717, 1.165) is 30.8 Å². The van der Waals surface area contributed by atoms with Gasteiger partial charge in [0.2, 0.25) is 0 Å². The summed E-state index contributed by atoms with van der Waals surface area (Å²) in [5, 5.41) is 5.04. The molecule has 1 heterocycles. The second-order valence-electron chi connectivity index (χ2n) is 6.95. The van der Waals surface area contributed by atoms with E-state index in [1.807, 2.05) is 11.3 Å². The molecule has 2 nitrogen and oxygen atoms in total. The van der Waals surface area contributed by atoms with E-state index in [2.05, 4.69) is 19.2 Å². The second kappa shape index (κ2) is 7.23. The fraction of sp³-hybridized carbons (Fsp3) is 0.833. The van der Waals surface area contributed by atoms with E-state index in [-0.39, 0.29) is 0 Å². The minimum absolute atomic E-state index is 0.756. The summed E-state index contributed by atoms with van der Waals surface area (Å²) < 4.78 is 0. The van der Waals surface area contributed by atoms with Crippen molar-refractivity contribution in [2.75, 3.05) is 6.54 Å².